The lowest BCUT2D eigenvalue weighted by molar-refractivity contribution is 0.525. The Morgan fingerprint density at radius 3 is 2.85 bits per heavy atom. The van der Waals surface area contributed by atoms with Crippen molar-refractivity contribution in [3.63, 3.8) is 0 Å². The van der Waals surface area contributed by atoms with Crippen molar-refractivity contribution in [3.8, 4) is 0 Å². The zero-order valence-corrected chi connectivity index (χ0v) is 7.66. The van der Waals surface area contributed by atoms with Crippen molar-refractivity contribution < 1.29 is 4.42 Å². The second kappa shape index (κ2) is 3.23. The maximum absolute atomic E-state index is 5.69. The summed E-state index contributed by atoms with van der Waals surface area (Å²) < 4.78 is 5.60. The first-order valence-electron chi connectivity index (χ1n) is 4.49. The summed E-state index contributed by atoms with van der Waals surface area (Å²) in [6.45, 7) is 1.98. The predicted molar refractivity (Wildman–Crippen MR) is 53.6 cm³/mol. The summed E-state index contributed by atoms with van der Waals surface area (Å²) in [4.78, 5) is 0. The van der Waals surface area contributed by atoms with Gasteiger partial charge >= 0.3 is 0 Å². The first-order chi connectivity index (χ1) is 6.25. The number of hydrogen-bond acceptors (Lipinski definition) is 2. The van der Waals surface area contributed by atoms with Gasteiger partial charge in [0.1, 0.15) is 11.3 Å². The molecule has 0 fully saturated rings. The van der Waals surface area contributed by atoms with Gasteiger partial charge in [-0.2, -0.15) is 0 Å². The second-order valence-corrected chi connectivity index (χ2v) is 3.43. The van der Waals surface area contributed by atoms with Gasteiger partial charge in [-0.3, -0.25) is 0 Å². The highest BCUT2D eigenvalue weighted by Gasteiger charge is 2.04. The molecule has 13 heavy (non-hydrogen) atoms. The Balaban J connectivity index is 2.38. The van der Waals surface area contributed by atoms with Crippen LogP contribution in [-0.4, -0.2) is 6.04 Å². The Morgan fingerprint density at radius 1 is 1.38 bits per heavy atom. The Labute approximate surface area is 77.3 Å². The summed E-state index contributed by atoms with van der Waals surface area (Å²) in [7, 11) is 0. The van der Waals surface area contributed by atoms with Crippen molar-refractivity contribution in [3.05, 3.63) is 36.1 Å². The molecule has 2 heteroatoms. The predicted octanol–water partition coefficient (Wildman–Crippen LogP) is 2.32. The fourth-order valence-electron chi connectivity index (χ4n) is 1.45. The molecule has 0 aliphatic rings. The minimum atomic E-state index is 0.153. The number of nitrogens with two attached hydrogens (primary N) is 1. The molecule has 1 aromatic carbocycles. The lowest BCUT2D eigenvalue weighted by Gasteiger charge is -1.98. The quantitative estimate of drug-likeness (QED) is 0.760. The van der Waals surface area contributed by atoms with E-state index in [9.17, 15) is 0 Å². The molecule has 0 spiro atoms. The van der Waals surface area contributed by atoms with Crippen LogP contribution >= 0.6 is 0 Å². The van der Waals surface area contributed by atoms with E-state index >= 15 is 0 Å². The van der Waals surface area contributed by atoms with Crippen LogP contribution in [0.25, 0.3) is 11.0 Å². The Hall–Kier alpha value is -1.28. The van der Waals surface area contributed by atoms with E-state index in [0.29, 0.717) is 0 Å². The third kappa shape index (κ3) is 1.73. The van der Waals surface area contributed by atoms with E-state index in [1.54, 1.807) is 0 Å². The summed E-state index contributed by atoms with van der Waals surface area (Å²) in [6, 6.07) is 10.2. The van der Waals surface area contributed by atoms with E-state index in [-0.39, 0.29) is 6.04 Å². The zero-order valence-electron chi connectivity index (χ0n) is 7.66. The number of furan rings is 1. The van der Waals surface area contributed by atoms with E-state index in [1.807, 2.05) is 31.2 Å². The normalized spacial score (nSPS) is 13.4. The summed E-state index contributed by atoms with van der Waals surface area (Å²) in [5.74, 6) is 0.969. The zero-order chi connectivity index (χ0) is 9.26. The molecule has 2 rings (SSSR count). The van der Waals surface area contributed by atoms with E-state index in [1.165, 1.54) is 0 Å². The fraction of sp³-hybridized carbons (Fsp3) is 0.273. The van der Waals surface area contributed by atoms with Crippen molar-refractivity contribution in [1.82, 2.24) is 0 Å². The summed E-state index contributed by atoms with van der Waals surface area (Å²) in [5.41, 5.74) is 6.63. The summed E-state index contributed by atoms with van der Waals surface area (Å²) >= 11 is 0. The van der Waals surface area contributed by atoms with Gasteiger partial charge in [0.2, 0.25) is 0 Å². The summed E-state index contributed by atoms with van der Waals surface area (Å²) in [5, 5.41) is 1.15. The molecular weight excluding hydrogens is 162 g/mol. The molecule has 0 saturated carbocycles. The SMILES string of the molecule is C[C@@H](N)Cc1cc2ccccc2o1. The van der Waals surface area contributed by atoms with Gasteiger partial charge in [-0.1, -0.05) is 18.2 Å². The Bertz CT molecular complexity index is 370. The first-order valence-corrected chi connectivity index (χ1v) is 4.49. The van der Waals surface area contributed by atoms with Crippen LogP contribution in [0.1, 0.15) is 12.7 Å². The molecule has 1 atom stereocenters. The van der Waals surface area contributed by atoms with Crippen molar-refractivity contribution in [2.45, 2.75) is 19.4 Å². The molecule has 0 aliphatic carbocycles. The lowest BCUT2D eigenvalue weighted by Crippen LogP contribution is -2.17. The molecular formula is C11H13NO. The number of rotatable bonds is 2. The van der Waals surface area contributed by atoms with Crippen LogP contribution in [0.3, 0.4) is 0 Å². The Kier molecular flexibility index (Phi) is 2.07. The molecule has 2 nitrogen and oxygen atoms in total. The minimum Gasteiger partial charge on any atom is -0.461 e. The van der Waals surface area contributed by atoms with Gasteiger partial charge in [-0.15, -0.1) is 0 Å². The van der Waals surface area contributed by atoms with Gasteiger partial charge in [-0.05, 0) is 19.1 Å². The standard InChI is InChI=1S/C11H13NO/c1-8(12)6-10-7-9-4-2-3-5-11(9)13-10/h2-5,7-8H,6,12H2,1H3/t8-/m1/s1. The number of para-hydroxylation sites is 1. The average Bonchev–Trinajstić information content (AvgIpc) is 2.44. The Morgan fingerprint density at radius 2 is 2.15 bits per heavy atom. The third-order valence-electron chi connectivity index (χ3n) is 2.00. The molecule has 0 unspecified atom stereocenters. The lowest BCUT2D eigenvalue weighted by atomic mass is 10.2. The van der Waals surface area contributed by atoms with Crippen molar-refractivity contribution in [1.29, 1.82) is 0 Å². The molecule has 0 bridgehead atoms. The molecule has 1 aromatic heterocycles. The molecule has 68 valence electrons. The monoisotopic (exact) mass is 175 g/mol. The van der Waals surface area contributed by atoms with Crippen LogP contribution in [0, 0.1) is 0 Å². The van der Waals surface area contributed by atoms with Crippen LogP contribution in [-0.2, 0) is 6.42 Å². The van der Waals surface area contributed by atoms with Crippen molar-refractivity contribution in [2.24, 2.45) is 5.73 Å². The highest BCUT2D eigenvalue weighted by Crippen LogP contribution is 2.19. The topological polar surface area (TPSA) is 39.2 Å². The number of benzene rings is 1. The van der Waals surface area contributed by atoms with Crippen molar-refractivity contribution in [2.75, 3.05) is 0 Å². The minimum absolute atomic E-state index is 0.153. The van der Waals surface area contributed by atoms with Crippen LogP contribution < -0.4 is 5.73 Å². The first kappa shape index (κ1) is 8.32. The van der Waals surface area contributed by atoms with Gasteiger partial charge in [0.15, 0.2) is 0 Å². The van der Waals surface area contributed by atoms with Crippen LogP contribution in [0.4, 0.5) is 0 Å². The highest BCUT2D eigenvalue weighted by atomic mass is 16.3. The average molecular weight is 175 g/mol. The van der Waals surface area contributed by atoms with Gasteiger partial charge in [0.25, 0.3) is 0 Å². The van der Waals surface area contributed by atoms with E-state index < -0.39 is 0 Å². The molecule has 0 radical (unpaired) electrons. The van der Waals surface area contributed by atoms with Crippen LogP contribution in [0.2, 0.25) is 0 Å². The van der Waals surface area contributed by atoms with E-state index in [4.69, 9.17) is 10.2 Å². The molecule has 1 heterocycles. The van der Waals surface area contributed by atoms with Gasteiger partial charge in [0.05, 0.1) is 0 Å². The van der Waals surface area contributed by atoms with Crippen molar-refractivity contribution >= 4 is 11.0 Å². The maximum Gasteiger partial charge on any atom is 0.134 e. The summed E-state index contributed by atoms with van der Waals surface area (Å²) in [6.07, 6.45) is 0.800. The maximum atomic E-state index is 5.69. The van der Waals surface area contributed by atoms with Gasteiger partial charge in [0, 0.05) is 17.8 Å². The largest absolute Gasteiger partial charge is 0.461 e. The van der Waals surface area contributed by atoms with Crippen LogP contribution in [0.5, 0.6) is 0 Å². The van der Waals surface area contributed by atoms with Gasteiger partial charge < -0.3 is 10.2 Å². The van der Waals surface area contributed by atoms with E-state index in [0.717, 1.165) is 23.2 Å². The van der Waals surface area contributed by atoms with Crippen LogP contribution in [0.15, 0.2) is 34.7 Å². The second-order valence-electron chi connectivity index (χ2n) is 3.43. The third-order valence-corrected chi connectivity index (χ3v) is 2.00. The molecule has 2 aromatic rings. The fourth-order valence-corrected chi connectivity index (χ4v) is 1.45. The molecule has 0 aliphatic heterocycles. The van der Waals surface area contributed by atoms with Gasteiger partial charge in [-0.25, -0.2) is 0 Å². The van der Waals surface area contributed by atoms with E-state index in [2.05, 4.69) is 6.07 Å². The highest BCUT2D eigenvalue weighted by molar-refractivity contribution is 5.77. The molecule has 0 amide bonds. The molecule has 0 saturated heterocycles. The number of fused-ring (bicyclic) bond motifs is 1. The smallest absolute Gasteiger partial charge is 0.134 e. The molecule has 2 N–H and O–H groups in total. The number of hydrogen-bond donors (Lipinski definition) is 1.